The Morgan fingerprint density at radius 3 is 2.15 bits per heavy atom. The molecule has 1 aliphatic rings. The van der Waals surface area contributed by atoms with Crippen LogP contribution in [0.1, 0.15) is 24.2 Å². The fraction of sp³-hybridized carbons (Fsp3) is 0.310. The van der Waals surface area contributed by atoms with E-state index in [-0.39, 0.29) is 5.91 Å². The van der Waals surface area contributed by atoms with Crippen molar-refractivity contribution in [3.05, 3.63) is 76.3 Å². The lowest BCUT2D eigenvalue weighted by molar-refractivity contribution is 0.0949. The molecule has 1 saturated heterocycles. The van der Waals surface area contributed by atoms with Gasteiger partial charge >= 0.3 is 6.03 Å². The van der Waals surface area contributed by atoms with E-state index in [1.807, 2.05) is 38.1 Å². The number of rotatable bonds is 8. The predicted octanol–water partition coefficient (Wildman–Crippen LogP) is 6.36. The maximum absolute atomic E-state index is 13.3. The van der Waals surface area contributed by atoms with E-state index in [9.17, 15) is 9.59 Å². The van der Waals surface area contributed by atoms with Crippen LogP contribution < -0.4 is 30.5 Å². The summed E-state index contributed by atoms with van der Waals surface area (Å²) in [6, 6.07) is 17.8. The van der Waals surface area contributed by atoms with Gasteiger partial charge in [-0.3, -0.25) is 4.79 Å². The summed E-state index contributed by atoms with van der Waals surface area (Å²) in [5.41, 5.74) is 3.16. The molecule has 0 unspecified atom stereocenters. The molecule has 1 fully saturated rings. The number of piperazine rings is 1. The molecule has 0 radical (unpaired) electrons. The predicted molar refractivity (Wildman–Crippen MR) is 160 cm³/mol. The van der Waals surface area contributed by atoms with Gasteiger partial charge in [0.05, 0.1) is 34.1 Å². The van der Waals surface area contributed by atoms with Crippen molar-refractivity contribution in [3.63, 3.8) is 0 Å². The van der Waals surface area contributed by atoms with Gasteiger partial charge in [-0.25, -0.2) is 4.79 Å². The first-order chi connectivity index (χ1) is 18.8. The first-order valence-corrected chi connectivity index (χ1v) is 13.6. The number of benzene rings is 3. The van der Waals surface area contributed by atoms with Crippen LogP contribution in [0, 0.1) is 5.92 Å². The molecule has 8 nitrogen and oxygen atoms in total. The Morgan fingerprint density at radius 1 is 0.872 bits per heavy atom. The molecule has 0 atom stereocenters. The Hall–Kier alpha value is -3.62. The Labute approximate surface area is 239 Å². The second-order valence-electron chi connectivity index (χ2n) is 9.66. The van der Waals surface area contributed by atoms with Gasteiger partial charge in [0, 0.05) is 44.1 Å². The molecule has 206 valence electrons. The Balaban J connectivity index is 1.52. The van der Waals surface area contributed by atoms with Gasteiger partial charge in [-0.1, -0.05) is 55.2 Å². The maximum atomic E-state index is 13.3. The number of hydrogen-bond donors (Lipinski definition) is 3. The number of nitrogens with zero attached hydrogens (tertiary/aromatic N) is 2. The second kappa shape index (κ2) is 13.0. The van der Waals surface area contributed by atoms with Crippen LogP contribution in [-0.2, 0) is 0 Å². The monoisotopic (exact) mass is 569 g/mol. The minimum absolute atomic E-state index is 0.191. The molecule has 0 spiro atoms. The molecule has 39 heavy (non-hydrogen) atoms. The summed E-state index contributed by atoms with van der Waals surface area (Å²) < 4.78 is 5.54. The van der Waals surface area contributed by atoms with Crippen LogP contribution in [0.25, 0.3) is 0 Å². The van der Waals surface area contributed by atoms with Gasteiger partial charge in [0.1, 0.15) is 5.75 Å². The summed E-state index contributed by atoms with van der Waals surface area (Å²) in [6.45, 7) is 7.62. The number of carbonyl (C=O) groups excluding carboxylic acids is 2. The first kappa shape index (κ1) is 28.4. The molecule has 3 amide bonds. The quantitative estimate of drug-likeness (QED) is 0.294. The Kier molecular flexibility index (Phi) is 9.43. The number of para-hydroxylation sites is 3. The molecule has 0 saturated carbocycles. The van der Waals surface area contributed by atoms with Gasteiger partial charge in [0.25, 0.3) is 5.91 Å². The maximum Gasteiger partial charge on any atom is 0.323 e. The third kappa shape index (κ3) is 7.07. The van der Waals surface area contributed by atoms with Crippen molar-refractivity contribution < 1.29 is 14.3 Å². The van der Waals surface area contributed by atoms with Gasteiger partial charge in [-0.2, -0.15) is 0 Å². The molecule has 1 aliphatic heterocycles. The number of halogens is 2. The van der Waals surface area contributed by atoms with Gasteiger partial charge < -0.3 is 30.5 Å². The molecule has 0 aliphatic carbocycles. The number of ether oxygens (including phenoxy) is 1. The van der Waals surface area contributed by atoms with Crippen molar-refractivity contribution in [2.24, 2.45) is 5.92 Å². The van der Waals surface area contributed by atoms with Crippen molar-refractivity contribution in [3.8, 4) is 5.75 Å². The average molecular weight is 571 g/mol. The summed E-state index contributed by atoms with van der Waals surface area (Å²) in [4.78, 5) is 30.5. The first-order valence-electron chi connectivity index (χ1n) is 12.8. The fourth-order valence-electron chi connectivity index (χ4n) is 4.44. The van der Waals surface area contributed by atoms with Crippen molar-refractivity contribution in [1.82, 2.24) is 5.32 Å². The van der Waals surface area contributed by atoms with E-state index in [1.54, 1.807) is 37.4 Å². The van der Waals surface area contributed by atoms with E-state index < -0.39 is 6.03 Å². The lowest BCUT2D eigenvalue weighted by Gasteiger charge is -2.38. The highest BCUT2D eigenvalue weighted by Gasteiger charge is 2.24. The van der Waals surface area contributed by atoms with Gasteiger partial charge in [0.2, 0.25) is 0 Å². The minimum atomic E-state index is -0.517. The zero-order valence-corrected chi connectivity index (χ0v) is 23.8. The number of carbonyl (C=O) groups is 2. The van der Waals surface area contributed by atoms with Gasteiger partial charge in [-0.15, -0.1) is 0 Å². The van der Waals surface area contributed by atoms with Gasteiger partial charge in [-0.05, 0) is 48.4 Å². The molecule has 0 aromatic heterocycles. The zero-order valence-electron chi connectivity index (χ0n) is 22.3. The van der Waals surface area contributed by atoms with E-state index in [2.05, 4.69) is 31.8 Å². The minimum Gasteiger partial charge on any atom is -0.495 e. The molecule has 0 bridgehead atoms. The fourth-order valence-corrected chi connectivity index (χ4v) is 4.93. The lowest BCUT2D eigenvalue weighted by atomic mass is 10.1. The van der Waals surface area contributed by atoms with E-state index in [4.69, 9.17) is 27.9 Å². The van der Waals surface area contributed by atoms with E-state index >= 15 is 0 Å². The average Bonchev–Trinajstić information content (AvgIpc) is 2.94. The normalized spacial score (nSPS) is 13.3. The summed E-state index contributed by atoms with van der Waals surface area (Å²) >= 11 is 12.4. The van der Waals surface area contributed by atoms with Crippen LogP contribution in [0.3, 0.4) is 0 Å². The topological polar surface area (TPSA) is 85.9 Å². The van der Waals surface area contributed by atoms with E-state index in [1.165, 1.54) is 0 Å². The highest BCUT2D eigenvalue weighted by Crippen LogP contribution is 2.32. The highest BCUT2D eigenvalue weighted by atomic mass is 35.5. The highest BCUT2D eigenvalue weighted by molar-refractivity contribution is 6.39. The molecule has 3 aromatic rings. The Morgan fingerprint density at radius 2 is 1.51 bits per heavy atom. The van der Waals surface area contributed by atoms with Crippen molar-refractivity contribution >= 4 is 57.9 Å². The number of methoxy groups -OCH3 is 1. The number of anilines is 4. The van der Waals surface area contributed by atoms with Crippen LogP contribution >= 0.6 is 23.2 Å². The third-order valence-corrected chi connectivity index (χ3v) is 7.05. The number of nitrogens with one attached hydrogen (secondary N) is 3. The summed E-state index contributed by atoms with van der Waals surface area (Å²) in [6.07, 6.45) is 0. The number of hydrogen-bond acceptors (Lipinski definition) is 5. The molecular weight excluding hydrogens is 537 g/mol. The number of amides is 3. The zero-order chi connectivity index (χ0) is 27.9. The van der Waals surface area contributed by atoms with E-state index in [0.717, 1.165) is 43.3 Å². The van der Waals surface area contributed by atoms with Crippen LogP contribution in [0.5, 0.6) is 5.75 Å². The third-order valence-electron chi connectivity index (χ3n) is 6.42. The largest absolute Gasteiger partial charge is 0.495 e. The SMILES string of the molecule is COc1ccccc1N1CCN(c2ccc(NC(=O)Nc3c(Cl)cccc3Cl)cc2C(=O)NCC(C)C)CC1. The molecule has 10 heteroatoms. The van der Waals surface area contributed by atoms with Crippen molar-refractivity contribution in [2.75, 3.05) is 60.3 Å². The molecule has 3 aromatic carbocycles. The van der Waals surface area contributed by atoms with Crippen LogP contribution in [0.4, 0.5) is 27.5 Å². The van der Waals surface area contributed by atoms with Crippen LogP contribution in [0.15, 0.2) is 60.7 Å². The molecule has 1 heterocycles. The Bertz CT molecular complexity index is 1310. The van der Waals surface area contributed by atoms with Crippen molar-refractivity contribution in [1.29, 1.82) is 0 Å². The molecule has 4 rings (SSSR count). The lowest BCUT2D eigenvalue weighted by Crippen LogP contribution is -2.47. The second-order valence-corrected chi connectivity index (χ2v) is 10.5. The van der Waals surface area contributed by atoms with E-state index in [0.29, 0.717) is 39.4 Å². The standard InChI is InChI=1S/C29H33Cl2N5O3/c1-19(2)18-32-28(37)21-17-20(33-29(38)34-27-22(30)7-6-8-23(27)31)11-12-24(21)35-13-15-36(16-14-35)25-9-4-5-10-26(25)39-3/h4-12,17,19H,13-16,18H2,1-3H3,(H,32,37)(H2,33,34,38). The summed E-state index contributed by atoms with van der Waals surface area (Å²) in [7, 11) is 1.68. The number of urea groups is 1. The van der Waals surface area contributed by atoms with Crippen LogP contribution in [-0.4, -0.2) is 51.8 Å². The van der Waals surface area contributed by atoms with Crippen LogP contribution in [0.2, 0.25) is 10.0 Å². The smallest absolute Gasteiger partial charge is 0.323 e. The summed E-state index contributed by atoms with van der Waals surface area (Å²) in [5, 5.41) is 9.13. The summed E-state index contributed by atoms with van der Waals surface area (Å²) in [5.74, 6) is 0.949. The van der Waals surface area contributed by atoms with Gasteiger partial charge in [0.15, 0.2) is 0 Å². The molecular formula is C29H33Cl2N5O3. The van der Waals surface area contributed by atoms with Crippen molar-refractivity contribution in [2.45, 2.75) is 13.8 Å². The molecule has 3 N–H and O–H groups in total.